The van der Waals surface area contributed by atoms with Gasteiger partial charge in [-0.3, -0.25) is 4.98 Å². The average molecular weight is 121 g/mol. The molecule has 8 heavy (non-hydrogen) atoms. The van der Waals surface area contributed by atoms with Gasteiger partial charge in [-0.25, -0.2) is 4.79 Å². The Labute approximate surface area is 68.0 Å². The summed E-state index contributed by atoms with van der Waals surface area (Å²) < 4.78 is 4.31. The predicted octanol–water partition coefficient (Wildman–Crippen LogP) is -0.614. The fourth-order valence-electron chi connectivity index (χ4n) is 0.267. The zero-order valence-electron chi connectivity index (χ0n) is 3.50. The van der Waals surface area contributed by atoms with Crippen LogP contribution in [0.2, 0.25) is 0 Å². The number of aromatic nitrogens is 1. The van der Waals surface area contributed by atoms with Gasteiger partial charge in [-0.15, -0.1) is 0 Å². The van der Waals surface area contributed by atoms with Crippen molar-refractivity contribution in [1.29, 1.82) is 0 Å². The molecule has 0 amide bonds. The Bertz CT molecular complexity index is 180. The molecule has 0 spiro atoms. The summed E-state index contributed by atoms with van der Waals surface area (Å²) in [6.45, 7) is 0. The van der Waals surface area contributed by atoms with E-state index < -0.39 is 5.63 Å². The Morgan fingerprint density at radius 3 is 2.62 bits per heavy atom. The van der Waals surface area contributed by atoms with Crippen LogP contribution in [0.15, 0.2) is 27.9 Å². The molecule has 1 rings (SSSR count). The van der Waals surface area contributed by atoms with Crippen molar-refractivity contribution < 1.29 is 4.42 Å². The predicted molar refractivity (Wildman–Crippen MR) is 29.9 cm³/mol. The van der Waals surface area contributed by atoms with Crippen molar-refractivity contribution in [3.8, 4) is 0 Å². The molecule has 0 bridgehead atoms. The molecule has 0 fully saturated rings. The van der Waals surface area contributed by atoms with Crippen molar-refractivity contribution in [2.75, 3.05) is 0 Å². The summed E-state index contributed by atoms with van der Waals surface area (Å²) in [5.74, 6) is 0. The second kappa shape index (κ2) is 3.83. The molecular formula is C4H4NNaO2. The summed E-state index contributed by atoms with van der Waals surface area (Å²) >= 11 is 0. The Balaban J connectivity index is 0.000000490. The molecule has 4 heteroatoms. The van der Waals surface area contributed by atoms with Crippen LogP contribution in [0.3, 0.4) is 0 Å². The second-order valence-electron chi connectivity index (χ2n) is 1.00. The van der Waals surface area contributed by atoms with Crippen LogP contribution in [0.1, 0.15) is 0 Å². The van der Waals surface area contributed by atoms with Crippen molar-refractivity contribution in [2.24, 2.45) is 0 Å². The van der Waals surface area contributed by atoms with Crippen LogP contribution in [0, 0.1) is 0 Å². The first-order chi connectivity index (χ1) is 3.39. The molecule has 1 aromatic heterocycles. The Morgan fingerprint density at radius 1 is 1.62 bits per heavy atom. The quantitative estimate of drug-likeness (QED) is 0.430. The summed E-state index contributed by atoms with van der Waals surface area (Å²) in [5, 5.41) is 0. The fraction of sp³-hybridized carbons (Fsp3) is 0. The van der Waals surface area contributed by atoms with Crippen LogP contribution >= 0.6 is 0 Å². The molecule has 1 aromatic rings. The van der Waals surface area contributed by atoms with Crippen LogP contribution in [0.5, 0.6) is 0 Å². The third-order valence-corrected chi connectivity index (χ3v) is 0.511. The second-order valence-corrected chi connectivity index (χ2v) is 1.00. The van der Waals surface area contributed by atoms with E-state index >= 15 is 0 Å². The molecule has 0 aromatic carbocycles. The van der Waals surface area contributed by atoms with Gasteiger partial charge in [0.1, 0.15) is 12.5 Å². The van der Waals surface area contributed by atoms with E-state index in [1.165, 1.54) is 12.5 Å². The average Bonchev–Trinajstić information content (AvgIpc) is 1.69. The SMILES string of the molecule is O=c1cncco1.[NaH]. The van der Waals surface area contributed by atoms with E-state index in [9.17, 15) is 4.79 Å². The van der Waals surface area contributed by atoms with Crippen molar-refractivity contribution in [3.05, 3.63) is 29.1 Å². The first-order valence-corrected chi connectivity index (χ1v) is 1.78. The van der Waals surface area contributed by atoms with Gasteiger partial charge in [0.05, 0.1) is 6.20 Å². The summed E-state index contributed by atoms with van der Waals surface area (Å²) in [6.07, 6.45) is 3.75. The molecule has 0 atom stereocenters. The molecular weight excluding hydrogens is 117 g/mol. The van der Waals surface area contributed by atoms with Gasteiger partial charge in [-0.2, -0.15) is 0 Å². The van der Waals surface area contributed by atoms with Crippen molar-refractivity contribution in [1.82, 2.24) is 4.98 Å². The number of nitrogens with zero attached hydrogens (tertiary/aromatic N) is 1. The standard InChI is InChI=1S/C4H3NO2.Na.H/c6-4-3-5-1-2-7-4;;/h1-3H;;. The van der Waals surface area contributed by atoms with E-state index in [1.54, 1.807) is 0 Å². The van der Waals surface area contributed by atoms with Gasteiger partial charge >= 0.3 is 35.2 Å². The summed E-state index contributed by atoms with van der Waals surface area (Å²) in [5.41, 5.74) is -0.414. The first kappa shape index (κ1) is 7.88. The molecule has 0 unspecified atom stereocenters. The maximum atomic E-state index is 10.0. The van der Waals surface area contributed by atoms with Gasteiger partial charge in [0, 0.05) is 0 Å². The fourth-order valence-corrected chi connectivity index (χ4v) is 0.267. The van der Waals surface area contributed by atoms with Crippen LogP contribution < -0.4 is 5.63 Å². The van der Waals surface area contributed by atoms with E-state index in [4.69, 9.17) is 0 Å². The molecule has 1 heterocycles. The number of rotatable bonds is 0. The normalized spacial score (nSPS) is 7.50. The van der Waals surface area contributed by atoms with Gasteiger partial charge in [0.25, 0.3) is 0 Å². The Hall–Kier alpha value is -0.120. The van der Waals surface area contributed by atoms with E-state index in [0.717, 1.165) is 6.20 Å². The van der Waals surface area contributed by atoms with Crippen molar-refractivity contribution >= 4 is 29.6 Å². The molecule has 0 aliphatic heterocycles. The Morgan fingerprint density at radius 2 is 2.38 bits per heavy atom. The summed E-state index contributed by atoms with van der Waals surface area (Å²) in [6, 6.07) is 0. The molecule has 0 radical (unpaired) electrons. The monoisotopic (exact) mass is 121 g/mol. The van der Waals surface area contributed by atoms with E-state index in [1.807, 2.05) is 0 Å². The zero-order valence-corrected chi connectivity index (χ0v) is 3.50. The number of hydrogen-bond donors (Lipinski definition) is 0. The van der Waals surface area contributed by atoms with Crippen molar-refractivity contribution in [2.45, 2.75) is 0 Å². The third-order valence-electron chi connectivity index (χ3n) is 0.511. The molecule has 3 nitrogen and oxygen atoms in total. The van der Waals surface area contributed by atoms with Gasteiger partial charge in [-0.05, 0) is 0 Å². The molecule has 0 aliphatic carbocycles. The minimum atomic E-state index is -0.414. The molecule has 0 saturated heterocycles. The van der Waals surface area contributed by atoms with Crippen LogP contribution in [-0.4, -0.2) is 34.5 Å². The van der Waals surface area contributed by atoms with Gasteiger partial charge < -0.3 is 4.42 Å². The Kier molecular flexibility index (Phi) is 3.77. The topological polar surface area (TPSA) is 43.1 Å². The maximum absolute atomic E-state index is 10.0. The first-order valence-electron chi connectivity index (χ1n) is 1.78. The van der Waals surface area contributed by atoms with Crippen LogP contribution in [0.4, 0.5) is 0 Å². The molecule has 38 valence electrons. The van der Waals surface area contributed by atoms with E-state index in [0.29, 0.717) is 0 Å². The van der Waals surface area contributed by atoms with Crippen LogP contribution in [0.25, 0.3) is 0 Å². The van der Waals surface area contributed by atoms with Crippen LogP contribution in [-0.2, 0) is 0 Å². The third kappa shape index (κ3) is 2.26. The summed E-state index contributed by atoms with van der Waals surface area (Å²) in [7, 11) is 0. The molecule has 0 saturated carbocycles. The van der Waals surface area contributed by atoms with E-state index in [-0.39, 0.29) is 29.6 Å². The van der Waals surface area contributed by atoms with E-state index in [2.05, 4.69) is 9.40 Å². The minimum absolute atomic E-state index is 0. The van der Waals surface area contributed by atoms with Gasteiger partial charge in [0.2, 0.25) is 0 Å². The van der Waals surface area contributed by atoms with Crippen molar-refractivity contribution in [3.63, 3.8) is 0 Å². The summed E-state index contributed by atoms with van der Waals surface area (Å²) in [4.78, 5) is 13.5. The number of hydrogen-bond acceptors (Lipinski definition) is 3. The van der Waals surface area contributed by atoms with Gasteiger partial charge in [-0.1, -0.05) is 0 Å². The van der Waals surface area contributed by atoms with Gasteiger partial charge in [0.15, 0.2) is 0 Å². The zero-order chi connectivity index (χ0) is 5.11. The molecule has 0 aliphatic rings. The molecule has 0 N–H and O–H groups in total.